The first-order chi connectivity index (χ1) is 5.88. The van der Waals surface area contributed by atoms with Crippen LogP contribution in [0.5, 0.6) is 0 Å². The minimum atomic E-state index is 0.259. The average Bonchev–Trinajstić information content (AvgIpc) is 2.57. The molecule has 0 aromatic carbocycles. The number of carbonyl (C=O) groups excluding carboxylic acids is 1. The maximum atomic E-state index is 11.4. The summed E-state index contributed by atoms with van der Waals surface area (Å²) in [5.74, 6) is 0.259. The summed E-state index contributed by atoms with van der Waals surface area (Å²) in [4.78, 5) is 11.4. The standard InChI is InChI=1S/C8H15N3O/c12-8-2-1-4-10-11(8)7-3-5-9-6-7/h7,9-10H,1-6H2. The van der Waals surface area contributed by atoms with Crippen molar-refractivity contribution in [2.75, 3.05) is 19.6 Å². The smallest absolute Gasteiger partial charge is 0.237 e. The number of hydrazine groups is 1. The van der Waals surface area contributed by atoms with Crippen LogP contribution in [0.15, 0.2) is 0 Å². The molecule has 2 aliphatic heterocycles. The number of hydrogen-bond donors (Lipinski definition) is 2. The largest absolute Gasteiger partial charge is 0.315 e. The van der Waals surface area contributed by atoms with Crippen LogP contribution in [0.4, 0.5) is 0 Å². The van der Waals surface area contributed by atoms with Crippen molar-refractivity contribution in [2.24, 2.45) is 0 Å². The van der Waals surface area contributed by atoms with E-state index >= 15 is 0 Å². The van der Waals surface area contributed by atoms with Gasteiger partial charge in [0.05, 0.1) is 6.04 Å². The van der Waals surface area contributed by atoms with Crippen molar-refractivity contribution >= 4 is 5.91 Å². The lowest BCUT2D eigenvalue weighted by Crippen LogP contribution is -2.53. The Hall–Kier alpha value is -0.610. The van der Waals surface area contributed by atoms with Gasteiger partial charge in [0.15, 0.2) is 0 Å². The van der Waals surface area contributed by atoms with Crippen LogP contribution in [0.1, 0.15) is 19.3 Å². The summed E-state index contributed by atoms with van der Waals surface area (Å²) in [5, 5.41) is 5.08. The molecule has 0 aromatic rings. The van der Waals surface area contributed by atoms with Crippen molar-refractivity contribution in [3.05, 3.63) is 0 Å². The first kappa shape index (κ1) is 8.01. The van der Waals surface area contributed by atoms with E-state index in [1.54, 1.807) is 0 Å². The third kappa shape index (κ3) is 1.44. The van der Waals surface area contributed by atoms with Gasteiger partial charge >= 0.3 is 0 Å². The fourth-order valence-electron chi connectivity index (χ4n) is 1.84. The lowest BCUT2D eigenvalue weighted by Gasteiger charge is -2.32. The van der Waals surface area contributed by atoms with E-state index in [1.165, 1.54) is 0 Å². The number of nitrogens with one attached hydrogen (secondary N) is 2. The van der Waals surface area contributed by atoms with E-state index in [2.05, 4.69) is 10.7 Å². The Morgan fingerprint density at radius 2 is 2.33 bits per heavy atom. The Labute approximate surface area is 72.3 Å². The van der Waals surface area contributed by atoms with Crippen molar-refractivity contribution < 1.29 is 4.79 Å². The molecule has 0 aliphatic carbocycles. The van der Waals surface area contributed by atoms with Crippen LogP contribution in [0.2, 0.25) is 0 Å². The maximum Gasteiger partial charge on any atom is 0.237 e. The minimum Gasteiger partial charge on any atom is -0.315 e. The Balaban J connectivity index is 1.95. The molecule has 1 unspecified atom stereocenters. The zero-order valence-corrected chi connectivity index (χ0v) is 7.18. The van der Waals surface area contributed by atoms with E-state index in [0.29, 0.717) is 12.5 Å². The topological polar surface area (TPSA) is 44.4 Å². The Bertz CT molecular complexity index is 177. The quantitative estimate of drug-likeness (QED) is 0.555. The van der Waals surface area contributed by atoms with Crippen LogP contribution in [0.25, 0.3) is 0 Å². The van der Waals surface area contributed by atoms with Crippen LogP contribution < -0.4 is 10.7 Å². The Morgan fingerprint density at radius 1 is 1.42 bits per heavy atom. The van der Waals surface area contributed by atoms with Crippen molar-refractivity contribution in [3.8, 4) is 0 Å². The lowest BCUT2D eigenvalue weighted by molar-refractivity contribution is -0.139. The van der Waals surface area contributed by atoms with Gasteiger partial charge in [0.2, 0.25) is 5.91 Å². The number of hydrogen-bond acceptors (Lipinski definition) is 3. The van der Waals surface area contributed by atoms with Gasteiger partial charge in [0.1, 0.15) is 0 Å². The second kappa shape index (κ2) is 3.41. The molecule has 2 fully saturated rings. The molecule has 68 valence electrons. The first-order valence-corrected chi connectivity index (χ1v) is 4.64. The zero-order chi connectivity index (χ0) is 8.39. The van der Waals surface area contributed by atoms with E-state index in [1.807, 2.05) is 5.01 Å². The molecule has 2 N–H and O–H groups in total. The van der Waals surface area contributed by atoms with Crippen molar-refractivity contribution in [2.45, 2.75) is 25.3 Å². The van der Waals surface area contributed by atoms with Crippen molar-refractivity contribution in [3.63, 3.8) is 0 Å². The van der Waals surface area contributed by atoms with Gasteiger partial charge in [-0.25, -0.2) is 5.43 Å². The highest BCUT2D eigenvalue weighted by atomic mass is 16.2. The molecule has 0 bridgehead atoms. The van der Waals surface area contributed by atoms with E-state index in [0.717, 1.165) is 32.5 Å². The normalized spacial score (nSPS) is 31.2. The summed E-state index contributed by atoms with van der Waals surface area (Å²) in [5.41, 5.74) is 3.15. The van der Waals surface area contributed by atoms with Crippen LogP contribution in [0, 0.1) is 0 Å². The number of amides is 1. The van der Waals surface area contributed by atoms with Gasteiger partial charge in [0, 0.05) is 19.5 Å². The molecule has 1 atom stereocenters. The van der Waals surface area contributed by atoms with Gasteiger partial charge in [-0.15, -0.1) is 0 Å². The van der Waals surface area contributed by atoms with Gasteiger partial charge in [-0.1, -0.05) is 0 Å². The molecule has 12 heavy (non-hydrogen) atoms. The molecule has 4 heteroatoms. The van der Waals surface area contributed by atoms with Gasteiger partial charge in [-0.3, -0.25) is 9.80 Å². The van der Waals surface area contributed by atoms with Gasteiger partial charge < -0.3 is 5.32 Å². The second-order valence-corrected chi connectivity index (χ2v) is 3.42. The predicted molar refractivity (Wildman–Crippen MR) is 45.4 cm³/mol. The lowest BCUT2D eigenvalue weighted by atomic mass is 10.2. The number of nitrogens with zero attached hydrogens (tertiary/aromatic N) is 1. The third-order valence-electron chi connectivity index (χ3n) is 2.52. The van der Waals surface area contributed by atoms with E-state index in [-0.39, 0.29) is 5.91 Å². The minimum absolute atomic E-state index is 0.259. The molecule has 4 nitrogen and oxygen atoms in total. The zero-order valence-electron chi connectivity index (χ0n) is 7.18. The molecule has 2 rings (SSSR count). The molecule has 2 aliphatic rings. The van der Waals surface area contributed by atoms with Gasteiger partial charge in [-0.05, 0) is 19.4 Å². The molecule has 2 saturated heterocycles. The van der Waals surface area contributed by atoms with Crippen LogP contribution in [-0.2, 0) is 4.79 Å². The maximum absolute atomic E-state index is 11.4. The highest BCUT2D eigenvalue weighted by Gasteiger charge is 2.27. The van der Waals surface area contributed by atoms with Gasteiger partial charge in [-0.2, -0.15) is 0 Å². The molecule has 0 spiro atoms. The van der Waals surface area contributed by atoms with Crippen LogP contribution in [0.3, 0.4) is 0 Å². The fourth-order valence-corrected chi connectivity index (χ4v) is 1.84. The molecule has 0 radical (unpaired) electrons. The summed E-state index contributed by atoms with van der Waals surface area (Å²) >= 11 is 0. The summed E-state index contributed by atoms with van der Waals surface area (Å²) in [6.07, 6.45) is 2.78. The molecule has 1 amide bonds. The third-order valence-corrected chi connectivity index (χ3v) is 2.52. The number of carbonyl (C=O) groups is 1. The summed E-state index contributed by atoms with van der Waals surface area (Å²) in [6, 6.07) is 0.387. The molecule has 0 saturated carbocycles. The molecular formula is C8H15N3O. The van der Waals surface area contributed by atoms with Gasteiger partial charge in [0.25, 0.3) is 0 Å². The molecule has 2 heterocycles. The summed E-state index contributed by atoms with van der Waals surface area (Å²) in [6.45, 7) is 2.93. The highest BCUT2D eigenvalue weighted by molar-refractivity contribution is 5.76. The monoisotopic (exact) mass is 169 g/mol. The average molecular weight is 169 g/mol. The predicted octanol–water partition coefficient (Wildman–Crippen LogP) is -0.525. The first-order valence-electron chi connectivity index (χ1n) is 4.64. The number of rotatable bonds is 1. The Morgan fingerprint density at radius 3 is 3.00 bits per heavy atom. The van der Waals surface area contributed by atoms with Crippen LogP contribution >= 0.6 is 0 Å². The highest BCUT2D eigenvalue weighted by Crippen LogP contribution is 2.11. The van der Waals surface area contributed by atoms with Crippen molar-refractivity contribution in [1.29, 1.82) is 0 Å². The SMILES string of the molecule is O=C1CCCNN1C1CCNC1. The van der Waals surface area contributed by atoms with Crippen molar-refractivity contribution in [1.82, 2.24) is 15.8 Å². The molecule has 0 aromatic heterocycles. The van der Waals surface area contributed by atoms with E-state index in [9.17, 15) is 4.79 Å². The van der Waals surface area contributed by atoms with Crippen LogP contribution in [-0.4, -0.2) is 36.6 Å². The fraction of sp³-hybridized carbons (Fsp3) is 0.875. The summed E-state index contributed by atoms with van der Waals surface area (Å²) < 4.78 is 0. The second-order valence-electron chi connectivity index (χ2n) is 3.42. The van der Waals surface area contributed by atoms with E-state index < -0.39 is 0 Å². The summed E-state index contributed by atoms with van der Waals surface area (Å²) in [7, 11) is 0. The molecular weight excluding hydrogens is 154 g/mol. The van der Waals surface area contributed by atoms with E-state index in [4.69, 9.17) is 0 Å². The Kier molecular flexibility index (Phi) is 2.28.